The zero-order valence-corrected chi connectivity index (χ0v) is 15.8. The third kappa shape index (κ3) is 3.99. The second-order valence-corrected chi connectivity index (χ2v) is 7.48. The Bertz CT molecular complexity index is 832. The summed E-state index contributed by atoms with van der Waals surface area (Å²) in [7, 11) is 1.77. The molecule has 1 atom stereocenters. The van der Waals surface area contributed by atoms with Gasteiger partial charge in [0.25, 0.3) is 0 Å². The van der Waals surface area contributed by atoms with Crippen molar-refractivity contribution in [1.82, 2.24) is 0 Å². The molecule has 2 aromatic carbocycles. The molecule has 2 aliphatic rings. The molecule has 2 fully saturated rings. The number of nitrogens with one attached hydrogen (secondary N) is 1. The summed E-state index contributed by atoms with van der Waals surface area (Å²) < 4.78 is 5.49. The van der Waals surface area contributed by atoms with E-state index in [1.165, 1.54) is 5.69 Å². The first-order valence-corrected chi connectivity index (χ1v) is 9.70. The Balaban J connectivity index is 1.56. The van der Waals surface area contributed by atoms with Crippen LogP contribution in [0.3, 0.4) is 0 Å². The number of rotatable bonds is 6. The van der Waals surface area contributed by atoms with E-state index < -0.39 is 0 Å². The maximum atomic E-state index is 12.0. The van der Waals surface area contributed by atoms with Crippen molar-refractivity contribution in [3.63, 3.8) is 0 Å². The van der Waals surface area contributed by atoms with Crippen molar-refractivity contribution >= 4 is 17.3 Å². The van der Waals surface area contributed by atoms with E-state index in [1.54, 1.807) is 7.11 Å². The first-order chi connectivity index (χ1) is 13.2. The van der Waals surface area contributed by atoms with E-state index in [0.29, 0.717) is 12.6 Å². The fourth-order valence-corrected chi connectivity index (χ4v) is 3.74. The molecule has 27 heavy (non-hydrogen) atoms. The second-order valence-electron chi connectivity index (χ2n) is 7.48. The maximum Gasteiger partial charge on any atom is 0.227 e. The Morgan fingerprint density at radius 1 is 1.19 bits per heavy atom. The van der Waals surface area contributed by atoms with Gasteiger partial charge in [0.1, 0.15) is 0 Å². The zero-order chi connectivity index (χ0) is 18.8. The topological polar surface area (TPSA) is 67.6 Å². The van der Waals surface area contributed by atoms with Gasteiger partial charge in [0.2, 0.25) is 5.91 Å². The maximum absolute atomic E-state index is 12.0. The average molecular weight is 365 g/mol. The molecule has 4 rings (SSSR count). The molecule has 5 heteroatoms. The first-order valence-electron chi connectivity index (χ1n) is 9.70. The predicted octanol–water partition coefficient (Wildman–Crippen LogP) is 3.39. The summed E-state index contributed by atoms with van der Waals surface area (Å²) in [5.74, 6) is 0.333. The number of ether oxygens (including phenoxy) is 1. The van der Waals surface area contributed by atoms with Gasteiger partial charge in [-0.15, -0.1) is 0 Å². The molecule has 0 aromatic heterocycles. The second kappa shape index (κ2) is 7.71. The van der Waals surface area contributed by atoms with Gasteiger partial charge in [-0.05, 0) is 60.2 Å². The van der Waals surface area contributed by atoms with Crippen LogP contribution in [0.5, 0.6) is 0 Å². The van der Waals surface area contributed by atoms with E-state index in [4.69, 9.17) is 10.5 Å². The summed E-state index contributed by atoms with van der Waals surface area (Å²) in [6.45, 7) is 2.40. The molecule has 0 bridgehead atoms. The van der Waals surface area contributed by atoms with Gasteiger partial charge in [-0.2, -0.15) is 0 Å². The molecular weight excluding hydrogens is 338 g/mol. The molecule has 3 N–H and O–H groups in total. The van der Waals surface area contributed by atoms with Crippen LogP contribution in [0.25, 0.3) is 11.1 Å². The van der Waals surface area contributed by atoms with Gasteiger partial charge < -0.3 is 20.7 Å². The van der Waals surface area contributed by atoms with Crippen LogP contribution < -0.4 is 16.0 Å². The number of carbonyl (C=O) groups excluding carboxylic acids is 1. The van der Waals surface area contributed by atoms with Crippen molar-refractivity contribution in [2.75, 3.05) is 30.4 Å². The molecule has 142 valence electrons. The van der Waals surface area contributed by atoms with Crippen LogP contribution >= 0.6 is 0 Å². The fourth-order valence-electron chi connectivity index (χ4n) is 3.74. The quantitative estimate of drug-likeness (QED) is 0.823. The van der Waals surface area contributed by atoms with E-state index in [1.807, 2.05) is 18.2 Å². The largest absolute Gasteiger partial charge is 0.380 e. The Labute approximate surface area is 160 Å². The Kier molecular flexibility index (Phi) is 5.14. The first kappa shape index (κ1) is 18.0. The number of anilines is 2. The van der Waals surface area contributed by atoms with Crippen LogP contribution in [0.15, 0.2) is 42.5 Å². The monoisotopic (exact) mass is 365 g/mol. The fraction of sp³-hybridized carbons (Fsp3) is 0.409. The van der Waals surface area contributed by atoms with Crippen LogP contribution in [0.1, 0.15) is 24.8 Å². The molecule has 0 radical (unpaired) electrons. The molecule has 2 aromatic rings. The lowest BCUT2D eigenvalue weighted by molar-refractivity contribution is -0.117. The van der Waals surface area contributed by atoms with E-state index in [0.717, 1.165) is 54.7 Å². The van der Waals surface area contributed by atoms with Crippen molar-refractivity contribution < 1.29 is 9.53 Å². The number of nitrogens with zero attached hydrogens (tertiary/aromatic N) is 1. The molecule has 1 aliphatic carbocycles. The number of hydrogen-bond donors (Lipinski definition) is 2. The van der Waals surface area contributed by atoms with Crippen molar-refractivity contribution in [1.29, 1.82) is 0 Å². The van der Waals surface area contributed by atoms with Crippen molar-refractivity contribution in [3.8, 4) is 11.1 Å². The summed E-state index contributed by atoms with van der Waals surface area (Å²) in [5, 5.41) is 3.02. The summed E-state index contributed by atoms with van der Waals surface area (Å²) >= 11 is 0. The van der Waals surface area contributed by atoms with Crippen LogP contribution in [-0.2, 0) is 16.1 Å². The highest BCUT2D eigenvalue weighted by atomic mass is 16.5. The van der Waals surface area contributed by atoms with E-state index in [-0.39, 0.29) is 11.8 Å². The third-order valence-corrected chi connectivity index (χ3v) is 5.53. The minimum atomic E-state index is 0.131. The summed E-state index contributed by atoms with van der Waals surface area (Å²) in [4.78, 5) is 14.4. The minimum Gasteiger partial charge on any atom is -0.380 e. The number of amides is 1. The SMILES string of the molecule is CO[C@@H]1CCN(c2ccc(-c3cccc(NC(=O)C4CC4)c3)cc2CN)C1. The number of methoxy groups -OCH3 is 1. The molecule has 1 aliphatic heterocycles. The number of nitrogens with two attached hydrogens (primary N) is 1. The highest BCUT2D eigenvalue weighted by molar-refractivity contribution is 5.94. The van der Waals surface area contributed by atoms with E-state index in [9.17, 15) is 4.79 Å². The predicted molar refractivity (Wildman–Crippen MR) is 109 cm³/mol. The van der Waals surface area contributed by atoms with Crippen molar-refractivity contribution in [3.05, 3.63) is 48.0 Å². The van der Waals surface area contributed by atoms with Crippen LogP contribution in [0.4, 0.5) is 11.4 Å². The molecule has 0 unspecified atom stereocenters. The molecule has 1 heterocycles. The van der Waals surface area contributed by atoms with Gasteiger partial charge in [-0.3, -0.25) is 4.79 Å². The molecule has 1 amide bonds. The van der Waals surface area contributed by atoms with Gasteiger partial charge in [0, 0.05) is 44.0 Å². The number of benzene rings is 2. The third-order valence-electron chi connectivity index (χ3n) is 5.53. The standard InChI is InChI=1S/C22H27N3O2/c1-27-20-9-10-25(14-20)21-8-7-17(11-18(21)13-23)16-3-2-4-19(12-16)24-22(26)15-5-6-15/h2-4,7-8,11-12,15,20H,5-6,9-10,13-14,23H2,1H3,(H,24,26)/t20-/m1/s1. The average Bonchev–Trinajstić information content (AvgIpc) is 3.45. The number of carbonyl (C=O) groups is 1. The molecule has 5 nitrogen and oxygen atoms in total. The molecular formula is C22H27N3O2. The number of hydrogen-bond acceptors (Lipinski definition) is 4. The van der Waals surface area contributed by atoms with Crippen LogP contribution in [-0.4, -0.2) is 32.2 Å². The molecule has 1 saturated heterocycles. The van der Waals surface area contributed by atoms with E-state index in [2.05, 4.69) is 34.5 Å². The Morgan fingerprint density at radius 3 is 2.70 bits per heavy atom. The normalized spacial score (nSPS) is 19.3. The lowest BCUT2D eigenvalue weighted by Gasteiger charge is -2.22. The lowest BCUT2D eigenvalue weighted by Crippen LogP contribution is -2.23. The highest BCUT2D eigenvalue weighted by Gasteiger charge is 2.29. The lowest BCUT2D eigenvalue weighted by atomic mass is 10.0. The van der Waals surface area contributed by atoms with Gasteiger partial charge in [0.15, 0.2) is 0 Å². The zero-order valence-electron chi connectivity index (χ0n) is 15.8. The summed E-state index contributed by atoms with van der Waals surface area (Å²) in [6, 6.07) is 14.5. The van der Waals surface area contributed by atoms with Crippen LogP contribution in [0, 0.1) is 5.92 Å². The van der Waals surface area contributed by atoms with Gasteiger partial charge in [0.05, 0.1) is 6.10 Å². The Hall–Kier alpha value is -2.37. The van der Waals surface area contributed by atoms with Crippen molar-refractivity contribution in [2.45, 2.75) is 31.9 Å². The molecule has 1 saturated carbocycles. The molecule has 0 spiro atoms. The van der Waals surface area contributed by atoms with E-state index >= 15 is 0 Å². The highest BCUT2D eigenvalue weighted by Crippen LogP contribution is 2.32. The Morgan fingerprint density at radius 2 is 2.00 bits per heavy atom. The van der Waals surface area contributed by atoms with Gasteiger partial charge in [-0.1, -0.05) is 18.2 Å². The van der Waals surface area contributed by atoms with Crippen molar-refractivity contribution in [2.24, 2.45) is 11.7 Å². The summed E-state index contributed by atoms with van der Waals surface area (Å²) in [6.07, 6.45) is 3.35. The van der Waals surface area contributed by atoms with Gasteiger partial charge >= 0.3 is 0 Å². The minimum absolute atomic E-state index is 0.131. The smallest absolute Gasteiger partial charge is 0.227 e. The van der Waals surface area contributed by atoms with Crippen LogP contribution in [0.2, 0.25) is 0 Å². The summed E-state index contributed by atoms with van der Waals surface area (Å²) in [5.41, 5.74) is 11.4. The van der Waals surface area contributed by atoms with Gasteiger partial charge in [-0.25, -0.2) is 0 Å².